The second kappa shape index (κ2) is 7.66. The second-order valence-corrected chi connectivity index (χ2v) is 4.85. The zero-order valence-corrected chi connectivity index (χ0v) is 12.2. The van der Waals surface area contributed by atoms with E-state index in [9.17, 15) is 9.18 Å². The smallest absolute Gasteiger partial charge is 0.254 e. The lowest BCUT2D eigenvalue weighted by atomic mass is 10.0. The summed E-state index contributed by atoms with van der Waals surface area (Å²) in [5, 5.41) is 2.82. The summed E-state index contributed by atoms with van der Waals surface area (Å²) in [5.41, 5.74) is 5.81. The molecule has 3 nitrogen and oxygen atoms in total. The third-order valence-corrected chi connectivity index (χ3v) is 3.40. The Balaban J connectivity index is 2.84. The summed E-state index contributed by atoms with van der Waals surface area (Å²) in [6.07, 6.45) is 0.956. The molecule has 0 aromatic heterocycles. The van der Waals surface area contributed by atoms with Crippen molar-refractivity contribution in [2.75, 3.05) is 6.54 Å². The van der Waals surface area contributed by atoms with Crippen LogP contribution in [0.4, 0.5) is 4.39 Å². The number of nitrogens with two attached hydrogens (primary N) is 1. The van der Waals surface area contributed by atoms with Gasteiger partial charge in [0.05, 0.1) is 12.1 Å². The number of rotatable bonds is 4. The SMILES string of the molecule is CCC(C)C(C)NC(=O)c1ccc(C#CCN)cc1F. The van der Waals surface area contributed by atoms with Crippen LogP contribution in [-0.2, 0) is 0 Å². The highest BCUT2D eigenvalue weighted by atomic mass is 19.1. The van der Waals surface area contributed by atoms with E-state index in [2.05, 4.69) is 24.1 Å². The van der Waals surface area contributed by atoms with Crippen LogP contribution in [0.5, 0.6) is 0 Å². The van der Waals surface area contributed by atoms with E-state index in [1.165, 1.54) is 12.1 Å². The molecule has 0 radical (unpaired) electrons. The van der Waals surface area contributed by atoms with E-state index in [0.717, 1.165) is 6.42 Å². The van der Waals surface area contributed by atoms with Crippen LogP contribution >= 0.6 is 0 Å². The standard InChI is InChI=1S/C16H21FN2O/c1-4-11(2)12(3)19-16(20)14-8-7-13(6-5-9-18)10-15(14)17/h7-8,10-12H,4,9,18H2,1-3H3,(H,19,20). The molecule has 0 saturated heterocycles. The minimum Gasteiger partial charge on any atom is -0.349 e. The predicted octanol–water partition coefficient (Wildman–Crippen LogP) is 2.30. The van der Waals surface area contributed by atoms with E-state index in [1.807, 2.05) is 13.8 Å². The minimum atomic E-state index is -0.567. The first kappa shape index (κ1) is 16.2. The molecule has 2 unspecified atom stereocenters. The second-order valence-electron chi connectivity index (χ2n) is 4.85. The molecule has 0 heterocycles. The highest BCUT2D eigenvalue weighted by Gasteiger charge is 2.17. The molecule has 0 aliphatic heterocycles. The van der Waals surface area contributed by atoms with Gasteiger partial charge in [-0.05, 0) is 31.0 Å². The van der Waals surface area contributed by atoms with Gasteiger partial charge in [-0.15, -0.1) is 0 Å². The number of benzene rings is 1. The summed E-state index contributed by atoms with van der Waals surface area (Å²) in [4.78, 5) is 12.0. The van der Waals surface area contributed by atoms with Gasteiger partial charge in [0.15, 0.2) is 0 Å². The largest absolute Gasteiger partial charge is 0.349 e. The number of halogens is 1. The number of nitrogens with one attached hydrogen (secondary N) is 1. The van der Waals surface area contributed by atoms with Gasteiger partial charge in [-0.2, -0.15) is 0 Å². The Morgan fingerprint density at radius 2 is 2.15 bits per heavy atom. The van der Waals surface area contributed by atoms with Crippen molar-refractivity contribution >= 4 is 5.91 Å². The minimum absolute atomic E-state index is 0.00334. The van der Waals surface area contributed by atoms with E-state index < -0.39 is 11.7 Å². The van der Waals surface area contributed by atoms with Crippen LogP contribution in [0.2, 0.25) is 0 Å². The molecule has 0 spiro atoms. The number of carbonyl (C=O) groups is 1. The number of carbonyl (C=O) groups excluding carboxylic acids is 1. The Morgan fingerprint density at radius 1 is 1.45 bits per heavy atom. The zero-order valence-electron chi connectivity index (χ0n) is 12.2. The maximum atomic E-state index is 13.9. The monoisotopic (exact) mass is 276 g/mol. The Hall–Kier alpha value is -1.86. The molecule has 1 aromatic carbocycles. The third-order valence-electron chi connectivity index (χ3n) is 3.40. The van der Waals surface area contributed by atoms with Gasteiger partial charge in [0.25, 0.3) is 5.91 Å². The van der Waals surface area contributed by atoms with Crippen molar-refractivity contribution in [2.45, 2.75) is 33.2 Å². The van der Waals surface area contributed by atoms with Crippen LogP contribution in [0.15, 0.2) is 18.2 Å². The molecular formula is C16H21FN2O. The van der Waals surface area contributed by atoms with Crippen LogP contribution in [0.1, 0.15) is 43.1 Å². The third kappa shape index (κ3) is 4.36. The van der Waals surface area contributed by atoms with Gasteiger partial charge in [0, 0.05) is 11.6 Å². The number of hydrogen-bond donors (Lipinski definition) is 2. The molecule has 20 heavy (non-hydrogen) atoms. The Morgan fingerprint density at radius 3 is 2.70 bits per heavy atom. The molecule has 1 amide bonds. The van der Waals surface area contributed by atoms with Crippen molar-refractivity contribution < 1.29 is 9.18 Å². The molecule has 0 saturated carbocycles. The van der Waals surface area contributed by atoms with E-state index in [1.54, 1.807) is 6.07 Å². The molecule has 2 atom stereocenters. The van der Waals surface area contributed by atoms with Crippen LogP contribution in [0, 0.1) is 23.6 Å². The fraction of sp³-hybridized carbons (Fsp3) is 0.438. The molecule has 0 fully saturated rings. The molecular weight excluding hydrogens is 255 g/mol. The molecule has 0 aliphatic rings. The predicted molar refractivity (Wildman–Crippen MR) is 78.7 cm³/mol. The van der Waals surface area contributed by atoms with Crippen molar-refractivity contribution in [1.29, 1.82) is 0 Å². The maximum absolute atomic E-state index is 13.9. The van der Waals surface area contributed by atoms with Gasteiger partial charge in [0.2, 0.25) is 0 Å². The molecule has 1 aromatic rings. The fourth-order valence-corrected chi connectivity index (χ4v) is 1.71. The van der Waals surface area contributed by atoms with Crippen molar-refractivity contribution in [2.24, 2.45) is 11.7 Å². The van der Waals surface area contributed by atoms with E-state index in [0.29, 0.717) is 11.5 Å². The first-order chi connectivity index (χ1) is 9.49. The van der Waals surface area contributed by atoms with Crippen LogP contribution < -0.4 is 11.1 Å². The van der Waals surface area contributed by atoms with E-state index in [4.69, 9.17) is 5.73 Å². The number of amides is 1. The van der Waals surface area contributed by atoms with E-state index >= 15 is 0 Å². The highest BCUT2D eigenvalue weighted by Crippen LogP contribution is 2.12. The molecule has 0 aliphatic carbocycles. The van der Waals surface area contributed by atoms with Crippen LogP contribution in [-0.4, -0.2) is 18.5 Å². The van der Waals surface area contributed by atoms with Gasteiger partial charge in [-0.3, -0.25) is 4.79 Å². The van der Waals surface area contributed by atoms with Gasteiger partial charge < -0.3 is 11.1 Å². The average Bonchev–Trinajstić information content (AvgIpc) is 2.43. The maximum Gasteiger partial charge on any atom is 0.254 e. The Labute approximate surface area is 119 Å². The van der Waals surface area contributed by atoms with Gasteiger partial charge in [0.1, 0.15) is 5.82 Å². The van der Waals surface area contributed by atoms with Gasteiger partial charge in [-0.25, -0.2) is 4.39 Å². The lowest BCUT2D eigenvalue weighted by Crippen LogP contribution is -2.37. The summed E-state index contributed by atoms with van der Waals surface area (Å²) >= 11 is 0. The van der Waals surface area contributed by atoms with Crippen molar-refractivity contribution in [3.8, 4) is 11.8 Å². The first-order valence-electron chi connectivity index (χ1n) is 6.79. The highest BCUT2D eigenvalue weighted by molar-refractivity contribution is 5.94. The van der Waals surface area contributed by atoms with Crippen LogP contribution in [0.3, 0.4) is 0 Å². The zero-order chi connectivity index (χ0) is 15.1. The average molecular weight is 276 g/mol. The van der Waals surface area contributed by atoms with Gasteiger partial charge in [-0.1, -0.05) is 32.1 Å². The lowest BCUT2D eigenvalue weighted by molar-refractivity contribution is 0.0924. The summed E-state index contributed by atoms with van der Waals surface area (Å²) in [7, 11) is 0. The summed E-state index contributed by atoms with van der Waals surface area (Å²) in [5.74, 6) is 4.76. The quantitative estimate of drug-likeness (QED) is 0.829. The van der Waals surface area contributed by atoms with Gasteiger partial charge >= 0.3 is 0 Å². The fourth-order valence-electron chi connectivity index (χ4n) is 1.71. The number of hydrogen-bond acceptors (Lipinski definition) is 2. The molecule has 1 rings (SSSR count). The van der Waals surface area contributed by atoms with Crippen LogP contribution in [0.25, 0.3) is 0 Å². The Kier molecular flexibility index (Phi) is 6.20. The molecule has 108 valence electrons. The summed E-state index contributed by atoms with van der Waals surface area (Å²) < 4.78 is 13.9. The topological polar surface area (TPSA) is 55.1 Å². The molecule has 4 heteroatoms. The molecule has 3 N–H and O–H groups in total. The lowest BCUT2D eigenvalue weighted by Gasteiger charge is -2.20. The van der Waals surface area contributed by atoms with E-state index in [-0.39, 0.29) is 18.2 Å². The summed E-state index contributed by atoms with van der Waals surface area (Å²) in [6, 6.07) is 4.33. The Bertz CT molecular complexity index is 531. The first-order valence-corrected chi connectivity index (χ1v) is 6.79. The van der Waals surface area contributed by atoms with Crippen molar-refractivity contribution in [3.05, 3.63) is 35.1 Å². The van der Waals surface area contributed by atoms with Crippen molar-refractivity contribution in [3.63, 3.8) is 0 Å². The summed E-state index contributed by atoms with van der Waals surface area (Å²) in [6.45, 7) is 6.24. The van der Waals surface area contributed by atoms with Crippen molar-refractivity contribution in [1.82, 2.24) is 5.32 Å². The molecule has 0 bridgehead atoms. The normalized spacial score (nSPS) is 13.1.